The van der Waals surface area contributed by atoms with Gasteiger partial charge in [0.1, 0.15) is 0 Å². The fourth-order valence-corrected chi connectivity index (χ4v) is 2.21. The molecule has 3 atom stereocenters. The zero-order valence-electron chi connectivity index (χ0n) is 10.3. The highest BCUT2D eigenvalue weighted by molar-refractivity contribution is 4.93. The molecule has 1 aliphatic rings. The van der Waals surface area contributed by atoms with E-state index < -0.39 is 0 Å². The van der Waals surface area contributed by atoms with Crippen molar-refractivity contribution < 1.29 is 5.11 Å². The van der Waals surface area contributed by atoms with Crippen molar-refractivity contribution in [2.75, 3.05) is 0 Å². The molecule has 2 heteroatoms. The molecular formula is C13H25NO. The predicted octanol–water partition coefficient (Wildman–Crippen LogP) is 2.62. The third kappa shape index (κ3) is 4.80. The van der Waals surface area contributed by atoms with E-state index in [1.807, 2.05) is 0 Å². The van der Waals surface area contributed by atoms with Gasteiger partial charge in [-0.15, -0.1) is 0 Å². The summed E-state index contributed by atoms with van der Waals surface area (Å²) in [5.74, 6) is 0. The first kappa shape index (κ1) is 12.7. The van der Waals surface area contributed by atoms with Crippen LogP contribution in [0.25, 0.3) is 0 Å². The molecule has 0 aromatic heterocycles. The quantitative estimate of drug-likeness (QED) is 0.685. The van der Waals surface area contributed by atoms with Gasteiger partial charge in [0, 0.05) is 12.1 Å². The average molecular weight is 211 g/mol. The van der Waals surface area contributed by atoms with Crippen molar-refractivity contribution in [1.82, 2.24) is 5.32 Å². The van der Waals surface area contributed by atoms with E-state index in [9.17, 15) is 5.11 Å². The monoisotopic (exact) mass is 211 g/mol. The van der Waals surface area contributed by atoms with Crippen LogP contribution in [0.1, 0.15) is 52.9 Å². The van der Waals surface area contributed by atoms with E-state index in [1.54, 1.807) is 0 Å². The van der Waals surface area contributed by atoms with E-state index in [0.29, 0.717) is 12.1 Å². The maximum absolute atomic E-state index is 9.68. The van der Waals surface area contributed by atoms with E-state index in [1.165, 1.54) is 12.0 Å². The molecule has 2 nitrogen and oxygen atoms in total. The Hall–Kier alpha value is -0.340. The van der Waals surface area contributed by atoms with Crippen molar-refractivity contribution in [3.63, 3.8) is 0 Å². The largest absolute Gasteiger partial charge is 0.392 e. The summed E-state index contributed by atoms with van der Waals surface area (Å²) in [6.45, 7) is 6.49. The molecule has 1 rings (SSSR count). The second-order valence-corrected chi connectivity index (χ2v) is 5.03. The van der Waals surface area contributed by atoms with Crippen LogP contribution in [0, 0.1) is 0 Å². The fourth-order valence-electron chi connectivity index (χ4n) is 2.21. The molecule has 0 aromatic carbocycles. The van der Waals surface area contributed by atoms with E-state index in [4.69, 9.17) is 0 Å². The van der Waals surface area contributed by atoms with Gasteiger partial charge in [-0.05, 0) is 52.9 Å². The molecule has 15 heavy (non-hydrogen) atoms. The molecule has 0 heterocycles. The van der Waals surface area contributed by atoms with Crippen molar-refractivity contribution >= 4 is 0 Å². The van der Waals surface area contributed by atoms with Crippen LogP contribution in [0.15, 0.2) is 11.6 Å². The first-order chi connectivity index (χ1) is 7.09. The van der Waals surface area contributed by atoms with Crippen LogP contribution < -0.4 is 5.32 Å². The summed E-state index contributed by atoms with van der Waals surface area (Å²) in [6, 6.07) is 0.852. The van der Waals surface area contributed by atoms with Gasteiger partial charge in [-0.1, -0.05) is 11.6 Å². The number of nitrogens with one attached hydrogen (secondary N) is 1. The van der Waals surface area contributed by atoms with Crippen molar-refractivity contribution in [2.45, 2.75) is 71.1 Å². The lowest BCUT2D eigenvalue weighted by molar-refractivity contribution is 0.143. The third-order valence-electron chi connectivity index (χ3n) is 3.13. The topological polar surface area (TPSA) is 32.3 Å². The van der Waals surface area contributed by atoms with Gasteiger partial charge in [-0.3, -0.25) is 0 Å². The van der Waals surface area contributed by atoms with Crippen LogP contribution in [-0.2, 0) is 0 Å². The van der Waals surface area contributed by atoms with Crippen molar-refractivity contribution in [3.8, 4) is 0 Å². The van der Waals surface area contributed by atoms with Crippen LogP contribution in [0.5, 0.6) is 0 Å². The van der Waals surface area contributed by atoms with Crippen LogP contribution in [-0.4, -0.2) is 23.3 Å². The first-order valence-electron chi connectivity index (χ1n) is 6.17. The van der Waals surface area contributed by atoms with Crippen molar-refractivity contribution in [2.24, 2.45) is 0 Å². The number of hydrogen-bond acceptors (Lipinski definition) is 2. The minimum atomic E-state index is -0.115. The van der Waals surface area contributed by atoms with Crippen molar-refractivity contribution in [3.05, 3.63) is 11.6 Å². The number of allylic oxidation sites excluding steroid dienone is 2. The van der Waals surface area contributed by atoms with E-state index >= 15 is 0 Å². The maximum Gasteiger partial charge on any atom is 0.0693 e. The summed E-state index contributed by atoms with van der Waals surface area (Å²) in [4.78, 5) is 0. The smallest absolute Gasteiger partial charge is 0.0693 e. The second kappa shape index (κ2) is 6.29. The number of hydrogen-bond donors (Lipinski definition) is 2. The minimum Gasteiger partial charge on any atom is -0.392 e. The van der Waals surface area contributed by atoms with Gasteiger partial charge < -0.3 is 10.4 Å². The number of rotatable bonds is 5. The normalized spacial score (nSPS) is 27.7. The van der Waals surface area contributed by atoms with Gasteiger partial charge in [0.15, 0.2) is 0 Å². The Morgan fingerprint density at radius 2 is 2.20 bits per heavy atom. The molecule has 0 amide bonds. The Morgan fingerprint density at radius 1 is 1.47 bits per heavy atom. The molecule has 3 unspecified atom stereocenters. The Morgan fingerprint density at radius 3 is 2.73 bits per heavy atom. The van der Waals surface area contributed by atoms with E-state index in [0.717, 1.165) is 25.7 Å². The lowest BCUT2D eigenvalue weighted by atomic mass is 10.1. The highest BCUT2D eigenvalue weighted by Crippen LogP contribution is 2.19. The number of aliphatic hydroxyl groups is 1. The zero-order valence-corrected chi connectivity index (χ0v) is 10.3. The Kier molecular flexibility index (Phi) is 5.34. The molecule has 0 aromatic rings. The first-order valence-corrected chi connectivity index (χ1v) is 6.17. The highest BCUT2D eigenvalue weighted by Gasteiger charge is 2.25. The molecule has 88 valence electrons. The molecular weight excluding hydrogens is 186 g/mol. The lowest BCUT2D eigenvalue weighted by Crippen LogP contribution is -2.41. The molecule has 0 radical (unpaired) electrons. The molecule has 0 bridgehead atoms. The Balaban J connectivity index is 2.17. The van der Waals surface area contributed by atoms with Gasteiger partial charge in [0.2, 0.25) is 0 Å². The summed E-state index contributed by atoms with van der Waals surface area (Å²) in [5, 5.41) is 13.2. The SMILES string of the molecule is CC(C)=CCCC(C)NC1CCCC1O. The lowest BCUT2D eigenvalue weighted by Gasteiger charge is -2.21. The van der Waals surface area contributed by atoms with Gasteiger partial charge in [-0.2, -0.15) is 0 Å². The van der Waals surface area contributed by atoms with Crippen LogP contribution in [0.4, 0.5) is 0 Å². The maximum atomic E-state index is 9.68. The van der Waals surface area contributed by atoms with Crippen LogP contribution in [0.2, 0.25) is 0 Å². The summed E-state index contributed by atoms with van der Waals surface area (Å²) >= 11 is 0. The van der Waals surface area contributed by atoms with Gasteiger partial charge in [0.05, 0.1) is 6.10 Å². The Bertz CT molecular complexity index is 209. The number of aliphatic hydroxyl groups excluding tert-OH is 1. The molecule has 1 saturated carbocycles. The highest BCUT2D eigenvalue weighted by atomic mass is 16.3. The molecule has 2 N–H and O–H groups in total. The molecule has 1 aliphatic carbocycles. The fraction of sp³-hybridized carbons (Fsp3) is 0.846. The molecule has 0 aliphatic heterocycles. The molecule has 1 fully saturated rings. The summed E-state index contributed by atoms with van der Waals surface area (Å²) in [5.41, 5.74) is 1.39. The summed E-state index contributed by atoms with van der Waals surface area (Å²) in [6.07, 6.45) is 7.74. The Labute approximate surface area is 93.8 Å². The van der Waals surface area contributed by atoms with Gasteiger partial charge >= 0.3 is 0 Å². The van der Waals surface area contributed by atoms with E-state index in [2.05, 4.69) is 32.2 Å². The van der Waals surface area contributed by atoms with Gasteiger partial charge in [-0.25, -0.2) is 0 Å². The van der Waals surface area contributed by atoms with Crippen molar-refractivity contribution in [1.29, 1.82) is 0 Å². The van der Waals surface area contributed by atoms with Crippen LogP contribution >= 0.6 is 0 Å². The minimum absolute atomic E-state index is 0.115. The standard InChI is InChI=1S/C13H25NO/c1-10(2)6-4-7-11(3)14-12-8-5-9-13(12)15/h6,11-15H,4-5,7-9H2,1-3H3. The third-order valence-corrected chi connectivity index (χ3v) is 3.13. The van der Waals surface area contributed by atoms with Crippen LogP contribution in [0.3, 0.4) is 0 Å². The predicted molar refractivity (Wildman–Crippen MR) is 64.9 cm³/mol. The average Bonchev–Trinajstić information content (AvgIpc) is 2.51. The molecule has 0 spiro atoms. The molecule has 0 saturated heterocycles. The summed E-state index contributed by atoms with van der Waals surface area (Å²) in [7, 11) is 0. The van der Waals surface area contributed by atoms with E-state index in [-0.39, 0.29) is 6.10 Å². The summed E-state index contributed by atoms with van der Waals surface area (Å²) < 4.78 is 0. The zero-order chi connectivity index (χ0) is 11.3. The second-order valence-electron chi connectivity index (χ2n) is 5.03. The van der Waals surface area contributed by atoms with Gasteiger partial charge in [0.25, 0.3) is 0 Å².